The first-order chi connectivity index (χ1) is 13.6. The van der Waals surface area contributed by atoms with Gasteiger partial charge in [-0.05, 0) is 48.7 Å². The first-order valence-corrected chi connectivity index (χ1v) is 9.69. The number of para-hydroxylation sites is 1. The van der Waals surface area contributed by atoms with Crippen LogP contribution in [0.15, 0.2) is 48.5 Å². The van der Waals surface area contributed by atoms with Gasteiger partial charge in [0.1, 0.15) is 5.75 Å². The molecule has 146 valence electrons. The van der Waals surface area contributed by atoms with Crippen LogP contribution in [0.4, 0.5) is 0 Å². The highest BCUT2D eigenvalue weighted by Gasteiger charge is 2.28. The Labute approximate surface area is 165 Å². The first kappa shape index (κ1) is 19.7. The quantitative estimate of drug-likeness (QED) is 0.457. The highest BCUT2D eigenvalue weighted by Crippen LogP contribution is 2.32. The molecule has 5 heteroatoms. The van der Waals surface area contributed by atoms with E-state index in [9.17, 15) is 9.59 Å². The summed E-state index contributed by atoms with van der Waals surface area (Å²) in [7, 11) is 1.61. The van der Waals surface area contributed by atoms with Gasteiger partial charge < -0.3 is 14.6 Å². The average Bonchev–Trinajstić information content (AvgIpc) is 3.12. The lowest BCUT2D eigenvalue weighted by atomic mass is 10.0. The smallest absolute Gasteiger partial charge is 0.295 e. The third-order valence-corrected chi connectivity index (χ3v) is 4.78. The number of fused-ring (bicyclic) bond motifs is 1. The maximum absolute atomic E-state index is 13.3. The van der Waals surface area contributed by atoms with E-state index in [1.165, 1.54) is 0 Å². The van der Waals surface area contributed by atoms with Crippen molar-refractivity contribution in [1.82, 2.24) is 9.88 Å². The van der Waals surface area contributed by atoms with E-state index in [0.717, 1.165) is 35.1 Å². The number of ketones is 1. The molecule has 0 atom stereocenters. The number of aromatic nitrogens is 1. The van der Waals surface area contributed by atoms with E-state index in [4.69, 9.17) is 4.74 Å². The summed E-state index contributed by atoms with van der Waals surface area (Å²) in [5, 5.41) is 0.764. The van der Waals surface area contributed by atoms with Crippen molar-refractivity contribution < 1.29 is 14.3 Å². The summed E-state index contributed by atoms with van der Waals surface area (Å²) in [6.45, 7) is 5.18. The molecule has 0 fully saturated rings. The number of aromatic amines is 1. The van der Waals surface area contributed by atoms with E-state index in [-0.39, 0.29) is 0 Å². The first-order valence-electron chi connectivity index (χ1n) is 9.69. The third-order valence-electron chi connectivity index (χ3n) is 4.78. The second kappa shape index (κ2) is 8.74. The molecule has 0 radical (unpaired) electrons. The zero-order valence-electron chi connectivity index (χ0n) is 16.6. The molecule has 0 aliphatic carbocycles. The molecule has 3 aromatic rings. The van der Waals surface area contributed by atoms with Gasteiger partial charge in [0.05, 0.1) is 18.4 Å². The number of ether oxygens (including phenoxy) is 1. The van der Waals surface area contributed by atoms with Crippen LogP contribution in [0.1, 0.15) is 37.0 Å². The predicted molar refractivity (Wildman–Crippen MR) is 112 cm³/mol. The summed E-state index contributed by atoms with van der Waals surface area (Å²) in [4.78, 5) is 31.3. The number of hydrogen-bond donors (Lipinski definition) is 1. The Hall–Kier alpha value is -3.08. The van der Waals surface area contributed by atoms with Gasteiger partial charge in [0, 0.05) is 24.0 Å². The summed E-state index contributed by atoms with van der Waals surface area (Å²) in [6.07, 6.45) is 1.64. The maximum Gasteiger partial charge on any atom is 0.295 e. The average molecular weight is 378 g/mol. The molecule has 0 bridgehead atoms. The molecule has 1 heterocycles. The number of H-pyrrole nitrogens is 1. The second-order valence-electron chi connectivity index (χ2n) is 6.77. The number of methoxy groups -OCH3 is 1. The standard InChI is InChI=1S/C23H26N2O3/c1-4-14-25(15-5-2)23(27)22(26)20-18-8-6-7-9-19(18)24-21(20)16-10-12-17(28-3)13-11-16/h6-13,24H,4-5,14-15H2,1-3H3. The van der Waals surface area contributed by atoms with Crippen molar-refractivity contribution in [3.05, 3.63) is 54.1 Å². The number of carbonyl (C=O) groups is 2. The van der Waals surface area contributed by atoms with E-state index < -0.39 is 11.7 Å². The fraction of sp³-hybridized carbons (Fsp3) is 0.304. The van der Waals surface area contributed by atoms with Gasteiger partial charge in [-0.1, -0.05) is 32.0 Å². The van der Waals surface area contributed by atoms with Crippen LogP contribution >= 0.6 is 0 Å². The summed E-state index contributed by atoms with van der Waals surface area (Å²) in [5.41, 5.74) is 2.77. The van der Waals surface area contributed by atoms with Gasteiger partial charge in [0.15, 0.2) is 0 Å². The summed E-state index contributed by atoms with van der Waals surface area (Å²) >= 11 is 0. The minimum absolute atomic E-state index is 0.433. The van der Waals surface area contributed by atoms with Crippen LogP contribution in [0.25, 0.3) is 22.2 Å². The van der Waals surface area contributed by atoms with Crippen molar-refractivity contribution in [2.24, 2.45) is 0 Å². The Balaban J connectivity index is 2.10. The van der Waals surface area contributed by atoms with Crippen LogP contribution in [0.5, 0.6) is 5.75 Å². The predicted octanol–water partition coefficient (Wildman–Crippen LogP) is 4.67. The van der Waals surface area contributed by atoms with E-state index in [2.05, 4.69) is 4.98 Å². The van der Waals surface area contributed by atoms with Gasteiger partial charge in [-0.2, -0.15) is 0 Å². The molecular formula is C23H26N2O3. The van der Waals surface area contributed by atoms with Gasteiger partial charge in [-0.25, -0.2) is 0 Å². The molecule has 0 unspecified atom stereocenters. The molecule has 1 aromatic heterocycles. The number of hydrogen-bond acceptors (Lipinski definition) is 3. The van der Waals surface area contributed by atoms with Crippen LogP contribution in [-0.2, 0) is 4.79 Å². The van der Waals surface area contributed by atoms with Crippen LogP contribution in [0.2, 0.25) is 0 Å². The molecule has 0 saturated heterocycles. The minimum atomic E-state index is -0.467. The van der Waals surface area contributed by atoms with E-state index in [0.29, 0.717) is 24.3 Å². The Morgan fingerprint density at radius 3 is 2.21 bits per heavy atom. The van der Waals surface area contributed by atoms with Crippen molar-refractivity contribution in [3.63, 3.8) is 0 Å². The number of Topliss-reactive ketones (excluding diaryl/α,β-unsaturated/α-hetero) is 1. The normalized spacial score (nSPS) is 10.8. The van der Waals surface area contributed by atoms with Crippen molar-refractivity contribution in [2.75, 3.05) is 20.2 Å². The molecule has 0 aliphatic heterocycles. The Morgan fingerprint density at radius 2 is 1.61 bits per heavy atom. The Morgan fingerprint density at radius 1 is 0.964 bits per heavy atom. The topological polar surface area (TPSA) is 62.4 Å². The third kappa shape index (κ3) is 3.79. The van der Waals surface area contributed by atoms with Crippen LogP contribution < -0.4 is 4.74 Å². The van der Waals surface area contributed by atoms with E-state index in [1.54, 1.807) is 12.0 Å². The number of benzene rings is 2. The molecule has 5 nitrogen and oxygen atoms in total. The number of rotatable bonds is 8. The highest BCUT2D eigenvalue weighted by molar-refractivity contribution is 6.46. The number of nitrogens with zero attached hydrogens (tertiary/aromatic N) is 1. The number of amides is 1. The molecule has 0 spiro atoms. The van der Waals surface area contributed by atoms with Gasteiger partial charge >= 0.3 is 0 Å². The number of carbonyl (C=O) groups excluding carboxylic acids is 2. The maximum atomic E-state index is 13.3. The van der Waals surface area contributed by atoms with Crippen molar-refractivity contribution in [1.29, 1.82) is 0 Å². The summed E-state index contributed by atoms with van der Waals surface area (Å²) < 4.78 is 5.23. The number of nitrogens with one attached hydrogen (secondary N) is 1. The van der Waals surface area contributed by atoms with Gasteiger partial charge in [0.2, 0.25) is 0 Å². The van der Waals surface area contributed by atoms with Crippen LogP contribution in [-0.4, -0.2) is 41.8 Å². The van der Waals surface area contributed by atoms with Crippen molar-refractivity contribution in [3.8, 4) is 17.0 Å². The van der Waals surface area contributed by atoms with Gasteiger partial charge in [-0.3, -0.25) is 9.59 Å². The molecular weight excluding hydrogens is 352 g/mol. The largest absolute Gasteiger partial charge is 0.497 e. The lowest BCUT2D eigenvalue weighted by Crippen LogP contribution is -2.37. The zero-order valence-corrected chi connectivity index (χ0v) is 16.6. The molecule has 0 aliphatic rings. The van der Waals surface area contributed by atoms with E-state index >= 15 is 0 Å². The van der Waals surface area contributed by atoms with Gasteiger partial charge in [0.25, 0.3) is 11.7 Å². The fourth-order valence-corrected chi connectivity index (χ4v) is 3.46. The van der Waals surface area contributed by atoms with Gasteiger partial charge in [-0.15, -0.1) is 0 Å². The molecule has 1 N–H and O–H groups in total. The molecule has 2 aromatic carbocycles. The SMILES string of the molecule is CCCN(CCC)C(=O)C(=O)c1c(-c2ccc(OC)cc2)[nH]c2ccccc12. The van der Waals surface area contributed by atoms with Crippen molar-refractivity contribution >= 4 is 22.6 Å². The van der Waals surface area contributed by atoms with E-state index in [1.807, 2.05) is 62.4 Å². The molecule has 28 heavy (non-hydrogen) atoms. The fourth-order valence-electron chi connectivity index (χ4n) is 3.46. The van der Waals surface area contributed by atoms with Crippen LogP contribution in [0.3, 0.4) is 0 Å². The highest BCUT2D eigenvalue weighted by atomic mass is 16.5. The monoisotopic (exact) mass is 378 g/mol. The molecule has 1 amide bonds. The zero-order chi connectivity index (χ0) is 20.1. The summed E-state index contributed by atoms with van der Waals surface area (Å²) in [5.74, 6) is -0.172. The Kier molecular flexibility index (Phi) is 6.14. The lowest BCUT2D eigenvalue weighted by Gasteiger charge is -2.20. The molecule has 0 saturated carbocycles. The second-order valence-corrected chi connectivity index (χ2v) is 6.77. The summed E-state index contributed by atoms with van der Waals surface area (Å²) in [6, 6.07) is 15.1. The Bertz CT molecular complexity index is 967. The van der Waals surface area contributed by atoms with Crippen molar-refractivity contribution in [2.45, 2.75) is 26.7 Å². The van der Waals surface area contributed by atoms with Crippen LogP contribution in [0, 0.1) is 0 Å². The molecule has 3 rings (SSSR count). The lowest BCUT2D eigenvalue weighted by molar-refractivity contribution is -0.126. The minimum Gasteiger partial charge on any atom is -0.497 e.